The van der Waals surface area contributed by atoms with E-state index < -0.39 is 12.3 Å². The first-order valence-electron chi connectivity index (χ1n) is 22.1. The predicted octanol–water partition coefficient (Wildman–Crippen LogP) is 13.8. The molecule has 0 aromatic heterocycles. The maximum Gasteiger partial charge on any atom is 0.262 e. The number of halogens is 1. The first-order chi connectivity index (χ1) is 29.6. The van der Waals surface area contributed by atoms with Gasteiger partial charge in [0.05, 0.1) is 11.1 Å². The molecule has 7 heteroatoms. The topological polar surface area (TPSA) is 64.7 Å². The maximum absolute atomic E-state index is 14.8. The van der Waals surface area contributed by atoms with Gasteiger partial charge in [0.25, 0.3) is 11.8 Å². The minimum atomic E-state index is -0.626. The molecular weight excluding hydrogens is 780 g/mol. The lowest BCUT2D eigenvalue weighted by Gasteiger charge is -2.40. The number of hydrogen-bond acceptors (Lipinski definition) is 4. The lowest BCUT2D eigenvalue weighted by molar-refractivity contribution is 0.0967. The molecule has 2 aliphatic heterocycles. The van der Waals surface area contributed by atoms with E-state index in [1.54, 1.807) is 11.0 Å². The van der Waals surface area contributed by atoms with Gasteiger partial charge in [0.2, 0.25) is 0 Å². The predicted molar refractivity (Wildman–Crippen MR) is 258 cm³/mol. The van der Waals surface area contributed by atoms with Crippen molar-refractivity contribution in [1.29, 1.82) is 0 Å². The molecule has 0 aliphatic carbocycles. The summed E-state index contributed by atoms with van der Waals surface area (Å²) in [5, 5.41) is 7.41. The lowest BCUT2D eigenvalue weighted by Crippen LogP contribution is -2.43. The monoisotopic (exact) mass is 840 g/mol. The van der Waals surface area contributed by atoms with Gasteiger partial charge in [0.15, 0.2) is 0 Å². The number of fused-ring (bicyclic) bond motifs is 2. The van der Waals surface area contributed by atoms with E-state index in [4.69, 9.17) is 0 Å². The molecule has 0 radical (unpaired) electrons. The smallest absolute Gasteiger partial charge is 0.262 e. The summed E-state index contributed by atoms with van der Waals surface area (Å²) in [6.45, 7) is 24.3. The van der Waals surface area contributed by atoms with Crippen LogP contribution in [0, 0.1) is 5.82 Å². The summed E-state index contributed by atoms with van der Waals surface area (Å²) >= 11 is 0. The van der Waals surface area contributed by atoms with E-state index in [1.807, 2.05) is 53.4 Å². The van der Waals surface area contributed by atoms with Crippen molar-refractivity contribution < 1.29 is 14.0 Å². The molecule has 2 unspecified atom stereocenters. The van der Waals surface area contributed by atoms with Crippen molar-refractivity contribution in [3.63, 3.8) is 0 Å². The summed E-state index contributed by atoms with van der Waals surface area (Å²) in [6, 6.07) is 43.6. The Labute approximate surface area is 373 Å². The second kappa shape index (κ2) is 15.9. The average molecular weight is 841 g/mol. The van der Waals surface area contributed by atoms with E-state index >= 15 is 0 Å². The highest BCUT2D eigenvalue weighted by Gasteiger charge is 2.38. The summed E-state index contributed by atoms with van der Waals surface area (Å²) in [6.07, 6.45) is -0.418. The fourth-order valence-corrected chi connectivity index (χ4v) is 8.88. The van der Waals surface area contributed by atoms with Crippen LogP contribution in [0.25, 0.3) is 0 Å². The highest BCUT2D eigenvalue weighted by molar-refractivity contribution is 6.13. The fraction of sp³-hybridized carbons (Fsp3) is 0.321. The molecule has 0 fully saturated rings. The summed E-state index contributed by atoms with van der Waals surface area (Å²) in [5.41, 5.74) is 11.1. The van der Waals surface area contributed by atoms with Gasteiger partial charge in [-0.1, -0.05) is 149 Å². The lowest BCUT2D eigenvalue weighted by atomic mass is 9.75. The van der Waals surface area contributed by atoms with Crippen LogP contribution in [-0.2, 0) is 28.1 Å². The first-order valence-corrected chi connectivity index (χ1v) is 22.1. The van der Waals surface area contributed by atoms with E-state index in [9.17, 15) is 14.0 Å². The molecule has 0 saturated heterocycles. The van der Waals surface area contributed by atoms with Gasteiger partial charge in [0, 0.05) is 22.7 Å². The molecule has 2 aliphatic rings. The van der Waals surface area contributed by atoms with Crippen molar-refractivity contribution in [2.24, 2.45) is 0 Å². The molecule has 8 rings (SSSR count). The van der Waals surface area contributed by atoms with E-state index in [1.165, 1.54) is 23.3 Å². The summed E-state index contributed by atoms with van der Waals surface area (Å²) in [4.78, 5) is 32.7. The van der Waals surface area contributed by atoms with Crippen LogP contribution < -0.4 is 20.4 Å². The zero-order valence-corrected chi connectivity index (χ0v) is 38.7. The molecule has 0 bridgehead atoms. The Morgan fingerprint density at radius 2 is 0.984 bits per heavy atom. The number of nitrogens with zero attached hydrogens (tertiary/aromatic N) is 2. The van der Waals surface area contributed by atoms with Crippen LogP contribution in [0.3, 0.4) is 0 Å². The van der Waals surface area contributed by atoms with Gasteiger partial charge in [-0.25, -0.2) is 4.39 Å². The number of para-hydroxylation sites is 1. The van der Waals surface area contributed by atoms with E-state index in [0.29, 0.717) is 28.8 Å². The molecule has 2 heterocycles. The van der Waals surface area contributed by atoms with Crippen LogP contribution in [0.5, 0.6) is 0 Å². The van der Waals surface area contributed by atoms with Crippen LogP contribution in [-0.4, -0.2) is 11.8 Å². The third kappa shape index (κ3) is 8.63. The normalized spacial score (nSPS) is 16.9. The highest BCUT2D eigenvalue weighted by Crippen LogP contribution is 2.43. The zero-order valence-electron chi connectivity index (χ0n) is 38.7. The molecular formula is C56H61FN4O2. The van der Waals surface area contributed by atoms with Gasteiger partial charge in [-0.15, -0.1) is 0 Å². The fourth-order valence-electron chi connectivity index (χ4n) is 8.88. The average Bonchev–Trinajstić information content (AvgIpc) is 3.22. The third-order valence-corrected chi connectivity index (χ3v) is 12.8. The Bertz CT molecular complexity index is 2700. The first kappa shape index (κ1) is 43.4. The Hall–Kier alpha value is -6.21. The molecule has 2 N–H and O–H groups in total. The standard InChI is InChI=1S/C56H61FN4O2/c1-53(2,3)38-20-24-43(25-21-38)60-49(36-15-14-16-42(57)32-36)59-48-29-35(19-28-46(48)52(60)63)34-56(10,11)41-31-37(30-40(33-41)55(7,8)9)50-58-47-18-13-12-17-45(47)51(62)61(50)44-26-22-39(23-27-44)54(4,5)6/h12-33,49-50,58-59H,34H2,1-11H3. The highest BCUT2D eigenvalue weighted by atomic mass is 19.1. The molecule has 0 saturated carbocycles. The largest absolute Gasteiger partial charge is 0.360 e. The van der Waals surface area contributed by atoms with Gasteiger partial charge < -0.3 is 10.6 Å². The Morgan fingerprint density at radius 3 is 1.54 bits per heavy atom. The second-order valence-electron chi connectivity index (χ2n) is 21.2. The number of carbonyl (C=O) groups excluding carboxylic acids is 2. The van der Waals surface area contributed by atoms with Crippen LogP contribution in [0.15, 0.2) is 133 Å². The van der Waals surface area contributed by atoms with Crippen molar-refractivity contribution in [2.45, 2.75) is 117 Å². The van der Waals surface area contributed by atoms with E-state index in [-0.39, 0.29) is 39.3 Å². The van der Waals surface area contributed by atoms with Crippen LogP contribution in [0.2, 0.25) is 0 Å². The quantitative estimate of drug-likeness (QED) is 0.168. The second-order valence-corrected chi connectivity index (χ2v) is 21.2. The maximum atomic E-state index is 14.8. The Morgan fingerprint density at radius 1 is 0.476 bits per heavy atom. The molecule has 6 aromatic rings. The Balaban J connectivity index is 1.16. The molecule has 2 atom stereocenters. The van der Waals surface area contributed by atoms with Crippen LogP contribution in [0.1, 0.15) is 148 Å². The van der Waals surface area contributed by atoms with Crippen molar-refractivity contribution >= 4 is 34.6 Å². The number of amides is 2. The molecule has 63 heavy (non-hydrogen) atoms. The number of nitrogens with one attached hydrogen (secondary N) is 2. The number of carbonyl (C=O) groups is 2. The van der Waals surface area contributed by atoms with Gasteiger partial charge in [-0.05, 0) is 128 Å². The molecule has 0 spiro atoms. The molecule has 2 amide bonds. The number of rotatable bonds is 7. The van der Waals surface area contributed by atoms with Crippen LogP contribution >= 0.6 is 0 Å². The van der Waals surface area contributed by atoms with Crippen molar-refractivity contribution in [1.82, 2.24) is 0 Å². The number of hydrogen-bond donors (Lipinski definition) is 2. The van der Waals surface area contributed by atoms with Gasteiger partial charge >= 0.3 is 0 Å². The minimum Gasteiger partial charge on any atom is -0.360 e. The summed E-state index contributed by atoms with van der Waals surface area (Å²) in [5.74, 6) is -0.557. The van der Waals surface area contributed by atoms with Crippen molar-refractivity contribution in [3.05, 3.63) is 189 Å². The molecule has 6 aromatic carbocycles. The molecule has 324 valence electrons. The minimum absolute atomic E-state index is 0.0257. The molecule has 6 nitrogen and oxygen atoms in total. The summed E-state index contributed by atoms with van der Waals surface area (Å²) < 4.78 is 14.8. The summed E-state index contributed by atoms with van der Waals surface area (Å²) in [7, 11) is 0. The zero-order chi connectivity index (χ0) is 45.2. The number of anilines is 4. The van der Waals surface area contributed by atoms with Crippen LogP contribution in [0.4, 0.5) is 27.1 Å². The van der Waals surface area contributed by atoms with Crippen molar-refractivity contribution in [2.75, 3.05) is 20.4 Å². The van der Waals surface area contributed by atoms with Gasteiger partial charge in [0.1, 0.15) is 18.1 Å². The van der Waals surface area contributed by atoms with Gasteiger partial charge in [-0.2, -0.15) is 0 Å². The third-order valence-electron chi connectivity index (χ3n) is 12.8. The van der Waals surface area contributed by atoms with Crippen molar-refractivity contribution in [3.8, 4) is 0 Å². The van der Waals surface area contributed by atoms with E-state index in [0.717, 1.165) is 39.3 Å². The SMILES string of the molecule is CC(C)(C)c1ccc(N2C(=O)c3ccccc3NC2c2cc(C(C)(C)C)cc(C(C)(C)Cc3ccc4c(c3)NC(c3cccc(F)c3)N(c3ccc(C(C)(C)C)cc3)C4=O)c2)cc1. The van der Waals surface area contributed by atoms with Gasteiger partial charge in [-0.3, -0.25) is 19.4 Å². The van der Waals surface area contributed by atoms with E-state index in [2.05, 4.69) is 154 Å². The Kier molecular flexibility index (Phi) is 10.9. The number of benzene rings is 6.